The van der Waals surface area contributed by atoms with Crippen LogP contribution >= 0.6 is 22.6 Å². The van der Waals surface area contributed by atoms with Gasteiger partial charge in [-0.3, -0.25) is 10.1 Å². The first-order valence-electron chi connectivity index (χ1n) is 14.9. The zero-order chi connectivity index (χ0) is 32.3. The Morgan fingerprint density at radius 1 is 1.07 bits per heavy atom. The molecule has 0 amide bonds. The normalized spacial score (nSPS) is 20.9. The number of esters is 1. The van der Waals surface area contributed by atoms with Crippen molar-refractivity contribution < 1.29 is 29.0 Å². The van der Waals surface area contributed by atoms with E-state index in [0.29, 0.717) is 18.6 Å². The molecular weight excluding hydrogens is 673 g/mol. The predicted octanol–water partition coefficient (Wildman–Crippen LogP) is 8.53. The highest BCUT2D eigenvalue weighted by Crippen LogP contribution is 2.49. The summed E-state index contributed by atoms with van der Waals surface area (Å²) in [5.74, 6) is 0.338. The van der Waals surface area contributed by atoms with Crippen LogP contribution in [0, 0.1) is 21.4 Å². The van der Waals surface area contributed by atoms with E-state index in [0.717, 1.165) is 42.6 Å². The van der Waals surface area contributed by atoms with E-state index < -0.39 is 17.0 Å². The zero-order valence-corrected chi connectivity index (χ0v) is 28.5. The van der Waals surface area contributed by atoms with Gasteiger partial charge in [0.2, 0.25) is 0 Å². The van der Waals surface area contributed by atoms with Gasteiger partial charge >= 0.3 is 5.97 Å². The number of methoxy groups -OCH3 is 1. The third-order valence-corrected chi connectivity index (χ3v) is 9.81. The van der Waals surface area contributed by atoms with Gasteiger partial charge in [-0.25, -0.2) is 4.79 Å². The molecule has 0 saturated carbocycles. The average molecular weight is 718 g/mol. The molecule has 0 aromatic heterocycles. The molecule has 238 valence electrons. The molecule has 0 spiro atoms. The number of halogens is 1. The fourth-order valence-corrected chi connectivity index (χ4v) is 5.85. The Balaban J connectivity index is 1.84. The number of carbonyl (C=O) groups excluding carboxylic acids is 1. The molecule has 0 heterocycles. The van der Waals surface area contributed by atoms with Crippen LogP contribution in [0.3, 0.4) is 0 Å². The zero-order valence-electron chi connectivity index (χ0n) is 26.3. The Hall–Kier alpha value is -3.02. The molecule has 0 saturated heterocycles. The van der Waals surface area contributed by atoms with Crippen LogP contribution in [0.25, 0.3) is 0 Å². The summed E-state index contributed by atoms with van der Waals surface area (Å²) in [6.07, 6.45) is 5.89. The highest BCUT2D eigenvalue weighted by Gasteiger charge is 2.43. The van der Waals surface area contributed by atoms with Gasteiger partial charge in [0.05, 0.1) is 36.9 Å². The van der Waals surface area contributed by atoms with Crippen molar-refractivity contribution in [3.63, 3.8) is 0 Å². The van der Waals surface area contributed by atoms with Crippen LogP contribution in [-0.4, -0.2) is 42.4 Å². The van der Waals surface area contributed by atoms with Crippen LogP contribution in [0.5, 0.6) is 5.75 Å². The number of non-ortho nitro benzene ring substituents is 1. The van der Waals surface area contributed by atoms with Crippen LogP contribution in [0.4, 0.5) is 5.69 Å². The molecular formula is C35H44INO7. The van der Waals surface area contributed by atoms with Crippen molar-refractivity contribution in [2.45, 2.75) is 72.5 Å². The van der Waals surface area contributed by atoms with E-state index in [-0.39, 0.29) is 35.8 Å². The first-order chi connectivity index (χ1) is 21.0. The number of aliphatic hydroxyl groups is 1. The number of aliphatic hydroxyl groups excluding tert-OH is 1. The van der Waals surface area contributed by atoms with Crippen molar-refractivity contribution in [1.82, 2.24) is 0 Å². The number of nitro groups is 1. The highest BCUT2D eigenvalue weighted by molar-refractivity contribution is 14.1. The third-order valence-electron chi connectivity index (χ3n) is 8.75. The summed E-state index contributed by atoms with van der Waals surface area (Å²) in [5, 5.41) is 22.3. The summed E-state index contributed by atoms with van der Waals surface area (Å²) in [6.45, 7) is 9.29. The lowest BCUT2D eigenvalue weighted by Gasteiger charge is -2.45. The molecule has 1 aliphatic carbocycles. The number of ether oxygens (including phenoxy) is 3. The molecule has 3 atom stereocenters. The van der Waals surface area contributed by atoms with Gasteiger partial charge in [0.1, 0.15) is 12.4 Å². The molecule has 0 radical (unpaired) electrons. The molecule has 3 rings (SSSR count). The van der Waals surface area contributed by atoms with E-state index >= 15 is 0 Å². The topological polar surface area (TPSA) is 108 Å². The van der Waals surface area contributed by atoms with Crippen LogP contribution < -0.4 is 4.74 Å². The summed E-state index contributed by atoms with van der Waals surface area (Å²) in [6, 6.07) is 13.0. The number of rotatable bonds is 15. The second kappa shape index (κ2) is 16.9. The van der Waals surface area contributed by atoms with E-state index in [1.165, 1.54) is 35.4 Å². The van der Waals surface area contributed by atoms with Gasteiger partial charge in [-0.05, 0) is 102 Å². The maximum Gasteiger partial charge on any atom is 0.338 e. The minimum atomic E-state index is -0.776. The third kappa shape index (κ3) is 9.74. The smallest absolute Gasteiger partial charge is 0.338 e. The Morgan fingerprint density at radius 2 is 1.75 bits per heavy atom. The number of hydrogen-bond acceptors (Lipinski definition) is 7. The van der Waals surface area contributed by atoms with Crippen molar-refractivity contribution >= 4 is 34.2 Å². The first kappa shape index (κ1) is 35.5. The second-order valence-electron chi connectivity index (χ2n) is 11.8. The maximum atomic E-state index is 12.9. The first-order valence-corrected chi connectivity index (χ1v) is 16.2. The van der Waals surface area contributed by atoms with E-state index in [2.05, 4.69) is 60.4 Å². The summed E-state index contributed by atoms with van der Waals surface area (Å²) in [7, 11) is 1.63. The lowest BCUT2D eigenvalue weighted by Crippen LogP contribution is -2.41. The summed E-state index contributed by atoms with van der Waals surface area (Å²) < 4.78 is 19.3. The molecule has 0 fully saturated rings. The molecule has 9 heteroatoms. The quantitative estimate of drug-likeness (QED) is 0.0647. The standard InChI is InChI=1S/C35H44INO7/c1-24(7-6-8-25(2)20-36)17-18-35(4)26(3)19-33(38)31(22-44-34(39)28-11-13-29(14-12-28)37(40)41)32(35)23-43-21-27-9-15-30(42-5)16-10-27/h7,9-16,20,26,33,38H,6,8,17-19,21-23H2,1-5H3/b24-7+,25-20+/t26-,33-,35-/m1/s1. The molecule has 44 heavy (non-hydrogen) atoms. The second-order valence-corrected chi connectivity index (χ2v) is 12.5. The number of carbonyl (C=O) groups is 1. The maximum absolute atomic E-state index is 12.9. The van der Waals surface area contributed by atoms with Crippen LogP contribution in [-0.2, 0) is 16.1 Å². The van der Waals surface area contributed by atoms with Crippen LogP contribution in [0.1, 0.15) is 75.7 Å². The van der Waals surface area contributed by atoms with E-state index in [1.54, 1.807) is 7.11 Å². The van der Waals surface area contributed by atoms with Gasteiger partial charge in [-0.2, -0.15) is 0 Å². The number of allylic oxidation sites excluding steroid dienone is 3. The van der Waals surface area contributed by atoms with Gasteiger partial charge in [0, 0.05) is 12.1 Å². The minimum absolute atomic E-state index is 0.0860. The molecule has 0 unspecified atom stereocenters. The van der Waals surface area contributed by atoms with Gasteiger partial charge in [-0.1, -0.05) is 65.8 Å². The predicted molar refractivity (Wildman–Crippen MR) is 181 cm³/mol. The fourth-order valence-electron chi connectivity index (χ4n) is 5.54. The van der Waals surface area contributed by atoms with Crippen molar-refractivity contribution in [2.75, 3.05) is 20.3 Å². The van der Waals surface area contributed by atoms with E-state index in [9.17, 15) is 20.0 Å². The summed E-state index contributed by atoms with van der Waals surface area (Å²) in [4.78, 5) is 23.4. The SMILES string of the molecule is COc1ccc(COCC2=C(COC(=O)c3ccc([N+](=O)[O-])cc3)[C@H](O)C[C@@H](C)[C@@]2(C)CC/C(C)=C/CC/C(C)=C/I)cc1. The highest BCUT2D eigenvalue weighted by atomic mass is 127. The number of hydrogen-bond donors (Lipinski definition) is 1. The molecule has 1 N–H and O–H groups in total. The molecule has 8 nitrogen and oxygen atoms in total. The van der Waals surface area contributed by atoms with Gasteiger partial charge < -0.3 is 19.3 Å². The van der Waals surface area contributed by atoms with Crippen molar-refractivity contribution in [2.24, 2.45) is 11.3 Å². The Bertz CT molecular complexity index is 1360. The monoisotopic (exact) mass is 717 g/mol. The van der Waals surface area contributed by atoms with Gasteiger partial charge in [0.25, 0.3) is 5.69 Å². The van der Waals surface area contributed by atoms with Crippen molar-refractivity contribution in [3.8, 4) is 5.75 Å². The Morgan fingerprint density at radius 3 is 2.36 bits per heavy atom. The minimum Gasteiger partial charge on any atom is -0.497 e. The van der Waals surface area contributed by atoms with Crippen LogP contribution in [0.15, 0.2) is 81.0 Å². The van der Waals surface area contributed by atoms with E-state index in [1.807, 2.05) is 24.3 Å². The molecule has 0 bridgehead atoms. The van der Waals surface area contributed by atoms with Crippen molar-refractivity contribution in [3.05, 3.63) is 102 Å². The van der Waals surface area contributed by atoms with Gasteiger partial charge in [0.15, 0.2) is 0 Å². The van der Waals surface area contributed by atoms with Crippen LogP contribution in [0.2, 0.25) is 0 Å². The Kier molecular flexibility index (Phi) is 13.6. The molecule has 1 aliphatic rings. The number of nitro benzene ring substituents is 1. The lowest BCUT2D eigenvalue weighted by atomic mass is 9.62. The van der Waals surface area contributed by atoms with E-state index in [4.69, 9.17) is 14.2 Å². The summed E-state index contributed by atoms with van der Waals surface area (Å²) >= 11 is 2.28. The number of nitrogens with zero attached hydrogens (tertiary/aromatic N) is 1. The molecule has 2 aromatic carbocycles. The van der Waals surface area contributed by atoms with Crippen molar-refractivity contribution in [1.29, 1.82) is 0 Å². The molecule has 2 aromatic rings. The largest absolute Gasteiger partial charge is 0.497 e. The van der Waals surface area contributed by atoms with Gasteiger partial charge in [-0.15, -0.1) is 0 Å². The Labute approximate surface area is 274 Å². The lowest BCUT2D eigenvalue weighted by molar-refractivity contribution is -0.384. The fraction of sp³-hybridized carbons (Fsp3) is 0.457. The average Bonchev–Trinajstić information content (AvgIpc) is 3.02. The summed E-state index contributed by atoms with van der Waals surface area (Å²) in [5.41, 5.74) is 5.14. The number of benzene rings is 2. The molecule has 0 aliphatic heterocycles.